The molecule has 1 aliphatic heterocycles. The standard InChI is InChI=1S/C15H22BrNO/c1-3-13-14(16)9-12(10-15(13)18-2)8-11-4-6-17-7-5-11/h9-11,17H,3-8H2,1-2H3. The summed E-state index contributed by atoms with van der Waals surface area (Å²) in [6.07, 6.45) is 4.74. The van der Waals surface area contributed by atoms with Crippen molar-refractivity contribution >= 4 is 15.9 Å². The summed E-state index contributed by atoms with van der Waals surface area (Å²) in [5.74, 6) is 1.84. The van der Waals surface area contributed by atoms with Crippen LogP contribution in [-0.2, 0) is 12.8 Å². The average molecular weight is 312 g/mol. The molecule has 0 bridgehead atoms. The first-order valence-electron chi connectivity index (χ1n) is 6.80. The highest BCUT2D eigenvalue weighted by atomic mass is 79.9. The SMILES string of the molecule is CCc1c(Br)cc(CC2CCNCC2)cc1OC. The third-order valence-electron chi connectivity index (χ3n) is 3.77. The van der Waals surface area contributed by atoms with Gasteiger partial charge in [0.05, 0.1) is 7.11 Å². The smallest absolute Gasteiger partial charge is 0.123 e. The minimum atomic E-state index is 0.815. The molecule has 0 atom stereocenters. The van der Waals surface area contributed by atoms with E-state index in [-0.39, 0.29) is 0 Å². The fraction of sp³-hybridized carbons (Fsp3) is 0.600. The molecule has 1 fully saturated rings. The Kier molecular flexibility index (Phi) is 5.07. The van der Waals surface area contributed by atoms with Crippen LogP contribution in [-0.4, -0.2) is 20.2 Å². The molecule has 1 aliphatic rings. The largest absolute Gasteiger partial charge is 0.496 e. The van der Waals surface area contributed by atoms with Gasteiger partial charge in [0.25, 0.3) is 0 Å². The third-order valence-corrected chi connectivity index (χ3v) is 4.48. The van der Waals surface area contributed by atoms with Gasteiger partial charge in [0.2, 0.25) is 0 Å². The predicted octanol–water partition coefficient (Wildman–Crippen LogP) is 3.56. The molecule has 0 spiro atoms. The Morgan fingerprint density at radius 2 is 2.06 bits per heavy atom. The average Bonchev–Trinajstić information content (AvgIpc) is 2.39. The fourth-order valence-electron chi connectivity index (χ4n) is 2.73. The lowest BCUT2D eigenvalue weighted by atomic mass is 9.90. The van der Waals surface area contributed by atoms with Gasteiger partial charge in [-0.1, -0.05) is 22.9 Å². The quantitative estimate of drug-likeness (QED) is 0.918. The number of nitrogens with one attached hydrogen (secondary N) is 1. The number of rotatable bonds is 4. The van der Waals surface area contributed by atoms with Crippen molar-refractivity contribution in [2.24, 2.45) is 5.92 Å². The minimum absolute atomic E-state index is 0.815. The summed E-state index contributed by atoms with van der Waals surface area (Å²) >= 11 is 3.67. The lowest BCUT2D eigenvalue weighted by molar-refractivity contribution is 0.371. The molecule has 3 heteroatoms. The van der Waals surface area contributed by atoms with E-state index in [2.05, 4.69) is 40.3 Å². The molecule has 1 N–H and O–H groups in total. The molecule has 0 aliphatic carbocycles. The lowest BCUT2D eigenvalue weighted by Gasteiger charge is -2.23. The van der Waals surface area contributed by atoms with Crippen LogP contribution in [0.1, 0.15) is 30.9 Å². The number of hydrogen-bond acceptors (Lipinski definition) is 2. The molecule has 0 amide bonds. The van der Waals surface area contributed by atoms with Crippen molar-refractivity contribution in [3.05, 3.63) is 27.7 Å². The van der Waals surface area contributed by atoms with Gasteiger partial charge < -0.3 is 10.1 Å². The van der Waals surface area contributed by atoms with Gasteiger partial charge in [-0.3, -0.25) is 0 Å². The van der Waals surface area contributed by atoms with Crippen molar-refractivity contribution in [1.82, 2.24) is 5.32 Å². The molecule has 0 saturated carbocycles. The van der Waals surface area contributed by atoms with E-state index in [0.29, 0.717) is 0 Å². The number of benzene rings is 1. The van der Waals surface area contributed by atoms with Gasteiger partial charge in [0.1, 0.15) is 5.75 Å². The Hall–Kier alpha value is -0.540. The normalized spacial score (nSPS) is 16.8. The first-order valence-corrected chi connectivity index (χ1v) is 7.60. The molecule has 1 saturated heterocycles. The molecule has 0 aromatic heterocycles. The predicted molar refractivity (Wildman–Crippen MR) is 79.4 cm³/mol. The van der Waals surface area contributed by atoms with Crippen LogP contribution in [0.25, 0.3) is 0 Å². The molecule has 100 valence electrons. The molecule has 1 heterocycles. The van der Waals surface area contributed by atoms with E-state index in [0.717, 1.165) is 31.2 Å². The van der Waals surface area contributed by atoms with Gasteiger partial charge >= 0.3 is 0 Å². The van der Waals surface area contributed by atoms with Crippen molar-refractivity contribution in [3.8, 4) is 5.75 Å². The Labute approximate surface area is 118 Å². The highest BCUT2D eigenvalue weighted by Crippen LogP contribution is 2.31. The minimum Gasteiger partial charge on any atom is -0.496 e. The van der Waals surface area contributed by atoms with Crippen LogP contribution < -0.4 is 10.1 Å². The van der Waals surface area contributed by atoms with Crippen molar-refractivity contribution in [1.29, 1.82) is 0 Å². The highest BCUT2D eigenvalue weighted by molar-refractivity contribution is 9.10. The van der Waals surface area contributed by atoms with Crippen LogP contribution in [0.4, 0.5) is 0 Å². The number of methoxy groups -OCH3 is 1. The summed E-state index contributed by atoms with van der Waals surface area (Å²) in [6, 6.07) is 4.48. The lowest BCUT2D eigenvalue weighted by Crippen LogP contribution is -2.28. The zero-order valence-corrected chi connectivity index (χ0v) is 12.8. The van der Waals surface area contributed by atoms with Gasteiger partial charge in [0, 0.05) is 10.0 Å². The Balaban J connectivity index is 2.15. The summed E-state index contributed by atoms with van der Waals surface area (Å²) in [5.41, 5.74) is 2.66. The zero-order valence-electron chi connectivity index (χ0n) is 11.3. The summed E-state index contributed by atoms with van der Waals surface area (Å²) in [5, 5.41) is 3.42. The van der Waals surface area contributed by atoms with Crippen molar-refractivity contribution in [2.45, 2.75) is 32.6 Å². The highest BCUT2D eigenvalue weighted by Gasteiger charge is 2.15. The first kappa shape index (κ1) is 13.9. The van der Waals surface area contributed by atoms with E-state index >= 15 is 0 Å². The molecule has 18 heavy (non-hydrogen) atoms. The molecule has 0 unspecified atom stereocenters. The second-order valence-corrected chi connectivity index (χ2v) is 5.86. The maximum atomic E-state index is 5.50. The van der Waals surface area contributed by atoms with Gasteiger partial charge in [-0.15, -0.1) is 0 Å². The van der Waals surface area contributed by atoms with E-state index in [1.54, 1.807) is 7.11 Å². The molecule has 2 rings (SSSR count). The molecule has 0 radical (unpaired) electrons. The van der Waals surface area contributed by atoms with E-state index in [1.165, 1.54) is 34.9 Å². The van der Waals surface area contributed by atoms with Crippen LogP contribution in [0.3, 0.4) is 0 Å². The van der Waals surface area contributed by atoms with Crippen LogP contribution in [0.15, 0.2) is 16.6 Å². The fourth-order valence-corrected chi connectivity index (χ4v) is 3.50. The zero-order chi connectivity index (χ0) is 13.0. The molecule has 1 aromatic rings. The van der Waals surface area contributed by atoms with Crippen molar-refractivity contribution in [3.63, 3.8) is 0 Å². The van der Waals surface area contributed by atoms with Gasteiger partial charge in [0.15, 0.2) is 0 Å². The van der Waals surface area contributed by atoms with Crippen molar-refractivity contribution in [2.75, 3.05) is 20.2 Å². The summed E-state index contributed by atoms with van der Waals surface area (Å²) < 4.78 is 6.69. The van der Waals surface area contributed by atoms with E-state index in [9.17, 15) is 0 Å². The van der Waals surface area contributed by atoms with Crippen LogP contribution >= 0.6 is 15.9 Å². The topological polar surface area (TPSA) is 21.3 Å². The second kappa shape index (κ2) is 6.58. The summed E-state index contributed by atoms with van der Waals surface area (Å²) in [4.78, 5) is 0. The maximum absolute atomic E-state index is 5.50. The van der Waals surface area contributed by atoms with Gasteiger partial charge in [-0.2, -0.15) is 0 Å². The van der Waals surface area contributed by atoms with Crippen LogP contribution in [0, 0.1) is 5.92 Å². The molecular weight excluding hydrogens is 290 g/mol. The van der Waals surface area contributed by atoms with E-state index < -0.39 is 0 Å². The first-order chi connectivity index (χ1) is 8.74. The Morgan fingerprint density at radius 1 is 1.33 bits per heavy atom. The van der Waals surface area contributed by atoms with Crippen LogP contribution in [0.2, 0.25) is 0 Å². The number of piperidine rings is 1. The number of hydrogen-bond donors (Lipinski definition) is 1. The molecule has 1 aromatic carbocycles. The van der Waals surface area contributed by atoms with Crippen LogP contribution in [0.5, 0.6) is 5.75 Å². The Morgan fingerprint density at radius 3 is 2.67 bits per heavy atom. The van der Waals surface area contributed by atoms with Crippen molar-refractivity contribution < 1.29 is 4.74 Å². The molecular formula is C15H22BrNO. The summed E-state index contributed by atoms with van der Waals surface area (Å²) in [7, 11) is 1.76. The number of ether oxygens (including phenoxy) is 1. The second-order valence-electron chi connectivity index (χ2n) is 5.01. The monoisotopic (exact) mass is 311 g/mol. The van der Waals surface area contributed by atoms with Gasteiger partial charge in [-0.05, 0) is 62.4 Å². The Bertz CT molecular complexity index is 400. The number of halogens is 1. The van der Waals surface area contributed by atoms with E-state index in [1.807, 2.05) is 0 Å². The van der Waals surface area contributed by atoms with Gasteiger partial charge in [-0.25, -0.2) is 0 Å². The summed E-state index contributed by atoms with van der Waals surface area (Å²) in [6.45, 7) is 4.49. The third kappa shape index (κ3) is 3.27. The van der Waals surface area contributed by atoms with E-state index in [4.69, 9.17) is 4.74 Å². The molecule has 2 nitrogen and oxygen atoms in total. The maximum Gasteiger partial charge on any atom is 0.123 e.